The van der Waals surface area contributed by atoms with Crippen molar-refractivity contribution in [2.75, 3.05) is 6.54 Å². The lowest BCUT2D eigenvalue weighted by molar-refractivity contribution is -0.387. The van der Waals surface area contributed by atoms with Gasteiger partial charge in [0.05, 0.1) is 4.92 Å². The largest absolute Gasteiger partial charge is 0.480 e. The summed E-state index contributed by atoms with van der Waals surface area (Å²) in [6.45, 7) is 4.96. The van der Waals surface area contributed by atoms with Gasteiger partial charge in [-0.25, -0.2) is 8.42 Å². The van der Waals surface area contributed by atoms with Crippen LogP contribution in [0.4, 0.5) is 5.69 Å². The van der Waals surface area contributed by atoms with E-state index in [2.05, 4.69) is 0 Å². The molecule has 0 fully saturated rings. The first kappa shape index (κ1) is 19.0. The minimum absolute atomic E-state index is 0.0499. The predicted molar refractivity (Wildman–Crippen MR) is 83.5 cm³/mol. The summed E-state index contributed by atoms with van der Waals surface area (Å²) in [5.74, 6) is -1.33. The van der Waals surface area contributed by atoms with Gasteiger partial charge in [0.1, 0.15) is 6.04 Å². The number of nitrogens with zero attached hydrogens (tertiary/aromatic N) is 2. The molecule has 0 amide bonds. The van der Waals surface area contributed by atoms with Crippen LogP contribution in [0.3, 0.4) is 0 Å². The average Bonchev–Trinajstić information content (AvgIpc) is 2.46. The van der Waals surface area contributed by atoms with Gasteiger partial charge < -0.3 is 5.11 Å². The van der Waals surface area contributed by atoms with Gasteiger partial charge >= 0.3 is 5.97 Å². The summed E-state index contributed by atoms with van der Waals surface area (Å²) in [6.07, 6.45) is 0.114. The molecule has 9 heteroatoms. The van der Waals surface area contributed by atoms with Crippen LogP contribution in [0, 0.1) is 16.0 Å². The number of carboxylic acid groups (broad SMARTS) is 1. The van der Waals surface area contributed by atoms with Crippen molar-refractivity contribution in [3.8, 4) is 0 Å². The Bertz CT molecular complexity index is 686. The van der Waals surface area contributed by atoms with Crippen molar-refractivity contribution in [3.63, 3.8) is 0 Å². The molecule has 0 aromatic heterocycles. The number of benzene rings is 1. The Balaban J connectivity index is 3.43. The molecular weight excluding hydrogens is 324 g/mol. The molecule has 1 aromatic rings. The smallest absolute Gasteiger partial charge is 0.322 e. The van der Waals surface area contributed by atoms with Crippen LogP contribution in [0.15, 0.2) is 29.2 Å². The van der Waals surface area contributed by atoms with E-state index in [1.54, 1.807) is 13.8 Å². The molecule has 0 bridgehead atoms. The minimum atomic E-state index is -4.31. The van der Waals surface area contributed by atoms with E-state index >= 15 is 0 Å². The highest BCUT2D eigenvalue weighted by Gasteiger charge is 2.38. The zero-order valence-electron chi connectivity index (χ0n) is 13.2. The Morgan fingerprint density at radius 3 is 2.35 bits per heavy atom. The van der Waals surface area contributed by atoms with Crippen LogP contribution in [-0.2, 0) is 14.8 Å². The van der Waals surface area contributed by atoms with E-state index in [0.717, 1.165) is 16.4 Å². The van der Waals surface area contributed by atoms with E-state index in [4.69, 9.17) is 0 Å². The number of hydrogen-bond acceptors (Lipinski definition) is 5. The van der Waals surface area contributed by atoms with Crippen molar-refractivity contribution in [1.82, 2.24) is 4.31 Å². The number of aliphatic carboxylic acids is 1. The molecule has 1 N–H and O–H groups in total. The maximum Gasteiger partial charge on any atom is 0.322 e. The number of carbonyl (C=O) groups is 1. The Hall–Kier alpha value is -2.00. The normalized spacial score (nSPS) is 13.3. The molecule has 23 heavy (non-hydrogen) atoms. The van der Waals surface area contributed by atoms with E-state index in [1.165, 1.54) is 19.1 Å². The van der Waals surface area contributed by atoms with Crippen LogP contribution in [-0.4, -0.2) is 41.3 Å². The number of rotatable bonds is 8. The van der Waals surface area contributed by atoms with Gasteiger partial charge in [-0.3, -0.25) is 14.9 Å². The molecule has 1 aromatic carbocycles. The maximum atomic E-state index is 12.8. The van der Waals surface area contributed by atoms with Crippen molar-refractivity contribution >= 4 is 21.7 Å². The van der Waals surface area contributed by atoms with Crippen molar-refractivity contribution < 1.29 is 23.2 Å². The third-order valence-electron chi connectivity index (χ3n) is 3.29. The molecule has 0 spiro atoms. The van der Waals surface area contributed by atoms with Crippen molar-refractivity contribution in [3.05, 3.63) is 34.4 Å². The van der Waals surface area contributed by atoms with Crippen molar-refractivity contribution in [2.24, 2.45) is 5.92 Å². The topological polar surface area (TPSA) is 118 Å². The summed E-state index contributed by atoms with van der Waals surface area (Å²) in [5.41, 5.74) is -0.570. The fraction of sp³-hybridized carbons (Fsp3) is 0.500. The van der Waals surface area contributed by atoms with Crippen LogP contribution in [0.2, 0.25) is 0 Å². The molecule has 0 unspecified atom stereocenters. The Labute approximate surface area is 134 Å². The number of nitro groups is 1. The Kier molecular flexibility index (Phi) is 6.22. The minimum Gasteiger partial charge on any atom is -0.480 e. The first-order chi connectivity index (χ1) is 10.6. The van der Waals surface area contributed by atoms with Crippen LogP contribution < -0.4 is 0 Å². The third-order valence-corrected chi connectivity index (χ3v) is 5.32. The monoisotopic (exact) mass is 344 g/mol. The summed E-state index contributed by atoms with van der Waals surface area (Å²) in [7, 11) is -4.31. The van der Waals surface area contributed by atoms with E-state index in [-0.39, 0.29) is 18.9 Å². The van der Waals surface area contributed by atoms with Gasteiger partial charge in [-0.2, -0.15) is 4.31 Å². The molecular formula is C14H20N2O6S. The third kappa shape index (κ3) is 4.26. The molecule has 0 heterocycles. The van der Waals surface area contributed by atoms with Gasteiger partial charge in [0.15, 0.2) is 4.90 Å². The summed E-state index contributed by atoms with van der Waals surface area (Å²) in [6, 6.07) is 3.65. The quantitative estimate of drug-likeness (QED) is 0.570. The van der Waals surface area contributed by atoms with Gasteiger partial charge in [-0.05, 0) is 18.4 Å². The molecule has 8 nitrogen and oxygen atoms in total. The van der Waals surface area contributed by atoms with Crippen LogP contribution in [0.25, 0.3) is 0 Å². The number of carboxylic acids is 1. The SMILES string of the molecule is CCN([C@@H](CC(C)C)C(=O)O)S(=O)(=O)c1ccccc1[N+](=O)[O-]. The molecule has 0 aliphatic heterocycles. The lowest BCUT2D eigenvalue weighted by atomic mass is 10.0. The standard InChI is InChI=1S/C14H20N2O6S/c1-4-15(12(14(17)18)9-10(2)3)23(21,22)13-8-6-5-7-11(13)16(19)20/h5-8,10,12H,4,9H2,1-3H3,(H,17,18)/t12-/m0/s1. The summed E-state index contributed by atoms with van der Waals surface area (Å²) < 4.78 is 26.4. The molecule has 1 rings (SSSR count). The number of nitro benzene ring substituents is 1. The second kappa shape index (κ2) is 7.51. The highest BCUT2D eigenvalue weighted by atomic mass is 32.2. The summed E-state index contributed by atoms with van der Waals surface area (Å²) >= 11 is 0. The first-order valence-corrected chi connectivity index (χ1v) is 8.55. The molecule has 0 saturated carbocycles. The molecule has 1 atom stereocenters. The van der Waals surface area contributed by atoms with E-state index in [1.807, 2.05) is 0 Å². The lowest BCUT2D eigenvalue weighted by Gasteiger charge is -2.27. The predicted octanol–water partition coefficient (Wildman–Crippen LogP) is 2.10. The van der Waals surface area contributed by atoms with E-state index in [9.17, 15) is 28.4 Å². The Morgan fingerprint density at radius 1 is 1.35 bits per heavy atom. The highest BCUT2D eigenvalue weighted by molar-refractivity contribution is 7.89. The molecule has 0 radical (unpaired) electrons. The Morgan fingerprint density at radius 2 is 1.91 bits per heavy atom. The fourth-order valence-corrected chi connectivity index (χ4v) is 4.06. The van der Waals surface area contributed by atoms with Gasteiger partial charge in [-0.1, -0.05) is 32.9 Å². The second-order valence-electron chi connectivity index (χ2n) is 5.42. The van der Waals surface area contributed by atoms with Gasteiger partial charge in [-0.15, -0.1) is 0 Å². The van der Waals surface area contributed by atoms with Crippen LogP contribution in [0.1, 0.15) is 27.2 Å². The zero-order valence-corrected chi connectivity index (χ0v) is 14.0. The molecule has 0 saturated heterocycles. The highest BCUT2D eigenvalue weighted by Crippen LogP contribution is 2.28. The number of para-hydroxylation sites is 1. The van der Waals surface area contributed by atoms with Crippen molar-refractivity contribution in [1.29, 1.82) is 0 Å². The molecule has 0 aliphatic rings. The number of likely N-dealkylation sites (N-methyl/N-ethyl adjacent to an activating group) is 1. The average molecular weight is 344 g/mol. The second-order valence-corrected chi connectivity index (χ2v) is 7.28. The van der Waals surface area contributed by atoms with Crippen LogP contribution in [0.5, 0.6) is 0 Å². The van der Waals surface area contributed by atoms with E-state index in [0.29, 0.717) is 0 Å². The van der Waals surface area contributed by atoms with Gasteiger partial charge in [0, 0.05) is 12.6 Å². The van der Waals surface area contributed by atoms with E-state index < -0.39 is 37.5 Å². The lowest BCUT2D eigenvalue weighted by Crippen LogP contribution is -2.45. The number of sulfonamides is 1. The maximum absolute atomic E-state index is 12.8. The zero-order chi connectivity index (χ0) is 17.8. The van der Waals surface area contributed by atoms with Gasteiger partial charge in [0.2, 0.25) is 0 Å². The number of hydrogen-bond donors (Lipinski definition) is 1. The summed E-state index contributed by atoms with van der Waals surface area (Å²) in [4.78, 5) is 21.3. The summed E-state index contributed by atoms with van der Waals surface area (Å²) in [5, 5.41) is 20.4. The van der Waals surface area contributed by atoms with Crippen LogP contribution >= 0.6 is 0 Å². The first-order valence-electron chi connectivity index (χ1n) is 7.11. The molecule has 128 valence electrons. The molecule has 0 aliphatic carbocycles. The van der Waals surface area contributed by atoms with Crippen molar-refractivity contribution in [2.45, 2.75) is 38.1 Å². The van der Waals surface area contributed by atoms with Gasteiger partial charge in [0.25, 0.3) is 15.7 Å². The fourth-order valence-electron chi connectivity index (χ4n) is 2.30.